The summed E-state index contributed by atoms with van der Waals surface area (Å²) >= 11 is 0. The third-order valence-corrected chi connectivity index (χ3v) is 7.20. The van der Waals surface area contributed by atoms with Gasteiger partial charge < -0.3 is 14.5 Å². The van der Waals surface area contributed by atoms with E-state index in [1.807, 2.05) is 48.5 Å². The van der Waals surface area contributed by atoms with Gasteiger partial charge in [-0.3, -0.25) is 9.69 Å². The molecule has 1 aliphatic rings. The van der Waals surface area contributed by atoms with E-state index in [2.05, 4.69) is 49.7 Å². The van der Waals surface area contributed by atoms with Gasteiger partial charge in [-0.25, -0.2) is 4.68 Å². The van der Waals surface area contributed by atoms with Crippen LogP contribution in [0.2, 0.25) is 0 Å². The minimum absolute atomic E-state index is 0.173. The van der Waals surface area contributed by atoms with E-state index >= 15 is 0 Å². The van der Waals surface area contributed by atoms with Crippen molar-refractivity contribution in [3.8, 4) is 11.5 Å². The second kappa shape index (κ2) is 10.1. The molecule has 9 nitrogen and oxygen atoms in total. The Bertz CT molecular complexity index is 1640. The van der Waals surface area contributed by atoms with E-state index < -0.39 is 6.04 Å². The molecular weight excluding hydrogens is 480 g/mol. The van der Waals surface area contributed by atoms with Crippen molar-refractivity contribution >= 4 is 10.9 Å². The van der Waals surface area contributed by atoms with Crippen molar-refractivity contribution in [2.24, 2.45) is 0 Å². The molecule has 192 valence electrons. The molecule has 5 aromatic rings. The smallest absolute Gasteiger partial charge is 0.253 e. The third-order valence-electron chi connectivity index (χ3n) is 7.20. The molecule has 9 heteroatoms. The summed E-state index contributed by atoms with van der Waals surface area (Å²) in [6, 6.07) is 23.5. The normalized spacial score (nSPS) is 14.3. The van der Waals surface area contributed by atoms with Gasteiger partial charge in [-0.15, -0.1) is 5.10 Å². The predicted octanol–water partition coefficient (Wildman–Crippen LogP) is 3.73. The molecule has 1 N–H and O–H groups in total. The number of pyridine rings is 1. The van der Waals surface area contributed by atoms with E-state index in [1.54, 1.807) is 18.9 Å². The molecule has 0 radical (unpaired) electrons. The molecule has 0 fully saturated rings. The molecule has 0 aliphatic carbocycles. The molecule has 1 atom stereocenters. The van der Waals surface area contributed by atoms with Gasteiger partial charge in [-0.05, 0) is 69.3 Å². The zero-order valence-corrected chi connectivity index (χ0v) is 21.3. The zero-order valence-electron chi connectivity index (χ0n) is 21.3. The highest BCUT2D eigenvalue weighted by Gasteiger charge is 2.32. The number of aromatic amines is 1. The summed E-state index contributed by atoms with van der Waals surface area (Å²) in [5.41, 5.74) is 4.77. The number of benzene rings is 3. The van der Waals surface area contributed by atoms with E-state index in [-0.39, 0.29) is 5.56 Å². The summed E-state index contributed by atoms with van der Waals surface area (Å²) < 4.78 is 12.4. The Morgan fingerprint density at radius 2 is 1.71 bits per heavy atom. The molecule has 0 saturated heterocycles. The Kier molecular flexibility index (Phi) is 6.35. The lowest BCUT2D eigenvalue weighted by atomic mass is 9.96. The second-order valence-corrected chi connectivity index (χ2v) is 9.44. The molecule has 3 aromatic carbocycles. The van der Waals surface area contributed by atoms with Crippen molar-refractivity contribution in [3.63, 3.8) is 0 Å². The van der Waals surface area contributed by atoms with Crippen LogP contribution in [0.4, 0.5) is 0 Å². The van der Waals surface area contributed by atoms with E-state index in [9.17, 15) is 4.79 Å². The van der Waals surface area contributed by atoms with Crippen molar-refractivity contribution in [1.82, 2.24) is 30.1 Å². The first-order valence-electron chi connectivity index (χ1n) is 12.5. The Hall–Kier alpha value is -4.50. The van der Waals surface area contributed by atoms with Crippen LogP contribution in [0.25, 0.3) is 10.9 Å². The summed E-state index contributed by atoms with van der Waals surface area (Å²) in [5, 5.41) is 13.7. The first-order valence-corrected chi connectivity index (χ1v) is 12.5. The van der Waals surface area contributed by atoms with Gasteiger partial charge in [0.15, 0.2) is 5.82 Å². The van der Waals surface area contributed by atoms with Gasteiger partial charge >= 0.3 is 0 Å². The van der Waals surface area contributed by atoms with Gasteiger partial charge in [0.05, 0.1) is 26.3 Å². The molecule has 2 aromatic heterocycles. The SMILES string of the molecule is COc1ccc(Cn2nnnc2C(c2cc3ccc(OC)cc3[nH]c2=O)N2CCc3ccccc3C2)cc1. The van der Waals surface area contributed by atoms with Gasteiger partial charge in [-0.2, -0.15) is 0 Å². The Balaban J connectivity index is 1.45. The van der Waals surface area contributed by atoms with Crippen molar-refractivity contribution in [3.05, 3.63) is 111 Å². The summed E-state index contributed by atoms with van der Waals surface area (Å²) in [5.74, 6) is 2.10. The lowest BCUT2D eigenvalue weighted by molar-refractivity contribution is 0.194. The topological polar surface area (TPSA) is 98.2 Å². The quantitative estimate of drug-likeness (QED) is 0.358. The number of tetrazole rings is 1. The lowest BCUT2D eigenvalue weighted by Gasteiger charge is -2.34. The number of rotatable bonds is 7. The minimum Gasteiger partial charge on any atom is -0.497 e. The highest BCUT2D eigenvalue weighted by atomic mass is 16.5. The van der Waals surface area contributed by atoms with Crippen LogP contribution in [0.1, 0.15) is 34.1 Å². The minimum atomic E-state index is -0.438. The second-order valence-electron chi connectivity index (χ2n) is 9.44. The van der Waals surface area contributed by atoms with Crippen LogP contribution >= 0.6 is 0 Å². The number of fused-ring (bicyclic) bond motifs is 2. The number of hydrogen-bond donors (Lipinski definition) is 1. The van der Waals surface area contributed by atoms with E-state index in [1.165, 1.54) is 11.1 Å². The molecule has 6 rings (SSSR count). The summed E-state index contributed by atoms with van der Waals surface area (Å²) in [6.07, 6.45) is 0.884. The number of methoxy groups -OCH3 is 2. The molecule has 1 unspecified atom stereocenters. The molecule has 0 amide bonds. The van der Waals surface area contributed by atoms with Crippen molar-refractivity contribution in [2.75, 3.05) is 20.8 Å². The van der Waals surface area contributed by atoms with Crippen LogP contribution in [-0.4, -0.2) is 50.9 Å². The van der Waals surface area contributed by atoms with Gasteiger partial charge in [0.25, 0.3) is 5.56 Å². The number of H-pyrrole nitrogens is 1. The number of hydrogen-bond acceptors (Lipinski definition) is 7. The monoisotopic (exact) mass is 508 g/mol. The highest BCUT2D eigenvalue weighted by Crippen LogP contribution is 2.32. The van der Waals surface area contributed by atoms with Crippen molar-refractivity contribution in [2.45, 2.75) is 25.6 Å². The number of nitrogens with one attached hydrogen (secondary N) is 1. The zero-order chi connectivity index (χ0) is 26.1. The fraction of sp³-hybridized carbons (Fsp3) is 0.241. The predicted molar refractivity (Wildman–Crippen MR) is 143 cm³/mol. The molecule has 38 heavy (non-hydrogen) atoms. The summed E-state index contributed by atoms with van der Waals surface area (Å²) in [6.45, 7) is 1.93. The van der Waals surface area contributed by atoms with Crippen molar-refractivity contribution < 1.29 is 9.47 Å². The van der Waals surface area contributed by atoms with Gasteiger partial charge in [0, 0.05) is 24.7 Å². The summed E-state index contributed by atoms with van der Waals surface area (Å²) in [4.78, 5) is 18.9. The number of ether oxygens (including phenoxy) is 2. The Morgan fingerprint density at radius 1 is 0.947 bits per heavy atom. The van der Waals surface area contributed by atoms with Gasteiger partial charge in [0.2, 0.25) is 0 Å². The van der Waals surface area contributed by atoms with E-state index in [0.29, 0.717) is 30.2 Å². The number of nitrogens with zero attached hydrogens (tertiary/aromatic N) is 5. The lowest BCUT2D eigenvalue weighted by Crippen LogP contribution is -2.38. The van der Waals surface area contributed by atoms with Crippen LogP contribution in [0.15, 0.2) is 77.6 Å². The Morgan fingerprint density at radius 3 is 2.50 bits per heavy atom. The fourth-order valence-electron chi connectivity index (χ4n) is 5.19. The van der Waals surface area contributed by atoms with Gasteiger partial charge in [-0.1, -0.05) is 36.4 Å². The molecular formula is C29H28N6O3. The van der Waals surface area contributed by atoms with Gasteiger partial charge in [0.1, 0.15) is 17.5 Å². The maximum absolute atomic E-state index is 13.6. The van der Waals surface area contributed by atoms with Crippen molar-refractivity contribution in [1.29, 1.82) is 0 Å². The van der Waals surface area contributed by atoms with Crippen LogP contribution in [0.3, 0.4) is 0 Å². The van der Waals surface area contributed by atoms with E-state index in [4.69, 9.17) is 9.47 Å². The van der Waals surface area contributed by atoms with Crippen LogP contribution in [0, 0.1) is 0 Å². The fourth-order valence-corrected chi connectivity index (χ4v) is 5.19. The summed E-state index contributed by atoms with van der Waals surface area (Å²) in [7, 11) is 3.26. The van der Waals surface area contributed by atoms with E-state index in [0.717, 1.165) is 35.2 Å². The largest absolute Gasteiger partial charge is 0.497 e. The molecule has 0 spiro atoms. The maximum atomic E-state index is 13.6. The average molecular weight is 509 g/mol. The van der Waals surface area contributed by atoms with Crippen LogP contribution in [-0.2, 0) is 19.5 Å². The first kappa shape index (κ1) is 23.9. The average Bonchev–Trinajstić information content (AvgIpc) is 3.41. The molecule has 0 bridgehead atoms. The van der Waals surface area contributed by atoms with Crippen LogP contribution < -0.4 is 15.0 Å². The third kappa shape index (κ3) is 4.52. The van der Waals surface area contributed by atoms with Crippen LogP contribution in [0.5, 0.6) is 11.5 Å². The molecule has 1 aliphatic heterocycles. The molecule has 0 saturated carbocycles. The molecule has 3 heterocycles. The maximum Gasteiger partial charge on any atom is 0.253 e. The highest BCUT2D eigenvalue weighted by molar-refractivity contribution is 5.80. The first-order chi connectivity index (χ1) is 18.6. The number of aromatic nitrogens is 5. The Labute approximate surface area is 219 Å². The standard InChI is InChI=1S/C29H28N6O3/c1-37-23-10-7-19(8-11-23)17-35-28(31-32-33-35)27(34-14-13-20-5-3-4-6-22(20)18-34)25-15-21-9-12-24(38-2)16-26(21)30-29(25)36/h3-12,15-16,27H,13-14,17-18H2,1-2H3,(H,30,36).